The molecule has 30 heavy (non-hydrogen) atoms. The number of sulfonamides is 1. The van der Waals surface area contributed by atoms with Gasteiger partial charge in [0.05, 0.1) is 16.5 Å². The van der Waals surface area contributed by atoms with Crippen LogP contribution in [0, 0.1) is 6.92 Å². The van der Waals surface area contributed by atoms with Gasteiger partial charge in [0.1, 0.15) is 4.90 Å². The second-order valence-electron chi connectivity index (χ2n) is 6.96. The molecule has 0 aliphatic carbocycles. The van der Waals surface area contributed by atoms with Crippen molar-refractivity contribution >= 4 is 61.2 Å². The number of thioether (sulfide) groups is 1. The predicted molar refractivity (Wildman–Crippen MR) is 130 cm³/mol. The maximum absolute atomic E-state index is 12.6. The summed E-state index contributed by atoms with van der Waals surface area (Å²) in [5.41, 5.74) is 0.955. The van der Waals surface area contributed by atoms with Crippen molar-refractivity contribution in [1.82, 2.24) is 9.21 Å². The molecule has 1 N–H and O–H groups in total. The maximum atomic E-state index is 12.6. The van der Waals surface area contributed by atoms with Crippen molar-refractivity contribution in [3.63, 3.8) is 0 Å². The average Bonchev–Trinajstić information content (AvgIpc) is 3.00. The Morgan fingerprint density at radius 1 is 1.27 bits per heavy atom. The summed E-state index contributed by atoms with van der Waals surface area (Å²) in [6, 6.07) is 12.4. The number of aliphatic hydroxyl groups is 1. The number of benzene rings is 2. The van der Waals surface area contributed by atoms with Crippen LogP contribution in [0.3, 0.4) is 0 Å². The molecule has 0 radical (unpaired) electrons. The van der Waals surface area contributed by atoms with Crippen molar-refractivity contribution < 1.29 is 13.5 Å². The van der Waals surface area contributed by atoms with Gasteiger partial charge in [-0.15, -0.1) is 17.0 Å². The molecule has 1 heterocycles. The van der Waals surface area contributed by atoms with Gasteiger partial charge in [-0.3, -0.25) is 0 Å². The van der Waals surface area contributed by atoms with Gasteiger partial charge in [0.25, 0.3) is 0 Å². The molecule has 1 atom stereocenters. The molecule has 0 saturated carbocycles. The minimum Gasteiger partial charge on any atom is -0.366 e. The number of aliphatic imine (C=N–C) groups is 1. The molecule has 0 bridgehead atoms. The zero-order valence-corrected chi connectivity index (χ0v) is 21.3. The largest absolute Gasteiger partial charge is 0.366 e. The van der Waals surface area contributed by atoms with Gasteiger partial charge >= 0.3 is 0 Å². The molecule has 0 amide bonds. The Bertz CT molecular complexity index is 1060. The lowest BCUT2D eigenvalue weighted by Crippen LogP contribution is -2.44. The molecular formula is C20H25BrClN3O3S2. The molecule has 6 nitrogen and oxygen atoms in total. The van der Waals surface area contributed by atoms with Gasteiger partial charge in [0.15, 0.2) is 10.9 Å². The van der Waals surface area contributed by atoms with Crippen molar-refractivity contribution in [2.24, 2.45) is 4.99 Å². The van der Waals surface area contributed by atoms with Crippen LogP contribution in [0.2, 0.25) is 5.02 Å². The number of hydrogen-bond acceptors (Lipinski definition) is 5. The molecule has 0 aromatic heterocycles. The van der Waals surface area contributed by atoms with Crippen LogP contribution in [0.25, 0.3) is 0 Å². The maximum Gasteiger partial charge on any atom is 0.244 e. The summed E-state index contributed by atoms with van der Waals surface area (Å²) >= 11 is 7.61. The monoisotopic (exact) mass is 533 g/mol. The molecule has 2 aromatic carbocycles. The number of halogens is 2. The lowest BCUT2D eigenvalue weighted by atomic mass is 10.0. The number of rotatable bonds is 5. The van der Waals surface area contributed by atoms with E-state index in [4.69, 9.17) is 16.6 Å². The van der Waals surface area contributed by atoms with Crippen LogP contribution in [0.5, 0.6) is 0 Å². The molecule has 1 saturated heterocycles. The quantitative estimate of drug-likeness (QED) is 0.616. The Morgan fingerprint density at radius 2 is 1.93 bits per heavy atom. The van der Waals surface area contributed by atoms with Gasteiger partial charge in [-0.05, 0) is 37.6 Å². The van der Waals surface area contributed by atoms with E-state index in [0.717, 1.165) is 15.6 Å². The zero-order valence-electron chi connectivity index (χ0n) is 17.2. The highest BCUT2D eigenvalue weighted by molar-refractivity contribution is 8.93. The predicted octanol–water partition coefficient (Wildman–Crippen LogP) is 4.38. The SMILES string of the molecule is Br.CCN1C(=Nc2ccccc2C)SCC1(O)c1ccc(Cl)c(S(=O)(=O)N(C)C)c1. The average molecular weight is 535 g/mol. The highest BCUT2D eigenvalue weighted by Crippen LogP contribution is 2.41. The third kappa shape index (κ3) is 4.56. The molecule has 1 aliphatic heterocycles. The third-order valence-electron chi connectivity index (χ3n) is 4.88. The topological polar surface area (TPSA) is 73.2 Å². The first-order valence-corrected chi connectivity index (χ1v) is 11.9. The lowest BCUT2D eigenvalue weighted by molar-refractivity contribution is -0.0454. The minimum atomic E-state index is -3.74. The standard InChI is InChI=1S/C20H24ClN3O3S2.BrH/c1-5-24-19(22-17-9-7-6-8-14(17)2)28-13-20(24,25)15-10-11-16(21)18(12-15)29(26,27)23(3)4;/h6-12,25H,5,13H2,1-4H3;1H. The van der Waals surface area contributed by atoms with Gasteiger partial charge in [0, 0.05) is 26.2 Å². The normalized spacial score (nSPS) is 20.6. The molecule has 2 aromatic rings. The third-order valence-corrected chi connectivity index (χ3v) is 8.29. The molecule has 10 heteroatoms. The van der Waals surface area contributed by atoms with Gasteiger partial charge in [-0.25, -0.2) is 17.7 Å². The molecular weight excluding hydrogens is 510 g/mol. The van der Waals surface area contributed by atoms with E-state index in [9.17, 15) is 13.5 Å². The Hall–Kier alpha value is -1.10. The Kier molecular flexibility index (Phi) is 8.04. The number of aryl methyl sites for hydroxylation is 1. The van der Waals surface area contributed by atoms with Crippen LogP contribution in [0.15, 0.2) is 52.4 Å². The van der Waals surface area contributed by atoms with E-state index in [2.05, 4.69) is 0 Å². The van der Waals surface area contributed by atoms with Crippen molar-refractivity contribution in [3.05, 3.63) is 58.6 Å². The highest BCUT2D eigenvalue weighted by Gasteiger charge is 2.44. The fraction of sp³-hybridized carbons (Fsp3) is 0.350. The van der Waals surface area contributed by atoms with Gasteiger partial charge in [0.2, 0.25) is 10.0 Å². The first kappa shape index (κ1) is 25.2. The van der Waals surface area contributed by atoms with Crippen LogP contribution >= 0.6 is 40.3 Å². The summed E-state index contributed by atoms with van der Waals surface area (Å²) in [5, 5.41) is 12.3. The molecule has 1 aliphatic rings. The number of hydrogen-bond donors (Lipinski definition) is 1. The molecule has 1 unspecified atom stereocenters. The number of amidine groups is 1. The van der Waals surface area contributed by atoms with E-state index in [0.29, 0.717) is 23.0 Å². The summed E-state index contributed by atoms with van der Waals surface area (Å²) in [6.07, 6.45) is 0. The van der Waals surface area contributed by atoms with Crippen molar-refractivity contribution in [2.45, 2.75) is 24.5 Å². The summed E-state index contributed by atoms with van der Waals surface area (Å²) in [7, 11) is -0.847. The van der Waals surface area contributed by atoms with Crippen LogP contribution in [-0.4, -0.2) is 54.3 Å². The first-order valence-electron chi connectivity index (χ1n) is 9.11. The van der Waals surface area contributed by atoms with Gasteiger partial charge in [-0.1, -0.05) is 47.6 Å². The first-order chi connectivity index (χ1) is 13.6. The summed E-state index contributed by atoms with van der Waals surface area (Å²) < 4.78 is 26.4. The molecule has 164 valence electrons. The van der Waals surface area contributed by atoms with Crippen molar-refractivity contribution in [3.8, 4) is 0 Å². The number of para-hydroxylation sites is 1. The van der Waals surface area contributed by atoms with Crippen LogP contribution in [0.1, 0.15) is 18.1 Å². The van der Waals surface area contributed by atoms with E-state index >= 15 is 0 Å². The van der Waals surface area contributed by atoms with E-state index in [1.165, 1.54) is 38.0 Å². The molecule has 0 spiro atoms. The van der Waals surface area contributed by atoms with E-state index in [-0.39, 0.29) is 26.9 Å². The second kappa shape index (κ2) is 9.58. The Labute approximate surface area is 197 Å². The van der Waals surface area contributed by atoms with Gasteiger partial charge < -0.3 is 10.0 Å². The fourth-order valence-electron chi connectivity index (χ4n) is 3.15. The van der Waals surface area contributed by atoms with E-state index in [1.807, 2.05) is 38.1 Å². The Morgan fingerprint density at radius 3 is 2.53 bits per heavy atom. The summed E-state index contributed by atoms with van der Waals surface area (Å²) in [6.45, 7) is 4.42. The number of nitrogens with zero attached hydrogens (tertiary/aromatic N) is 3. The Balaban J connectivity index is 0.00000320. The summed E-state index contributed by atoms with van der Waals surface area (Å²) in [4.78, 5) is 6.50. The fourth-order valence-corrected chi connectivity index (χ4v) is 5.79. The molecule has 1 fully saturated rings. The smallest absolute Gasteiger partial charge is 0.244 e. The van der Waals surface area contributed by atoms with Crippen molar-refractivity contribution in [2.75, 3.05) is 26.4 Å². The zero-order chi connectivity index (χ0) is 21.4. The lowest BCUT2D eigenvalue weighted by Gasteiger charge is -2.34. The van der Waals surface area contributed by atoms with Crippen LogP contribution < -0.4 is 0 Å². The highest BCUT2D eigenvalue weighted by atomic mass is 79.9. The van der Waals surface area contributed by atoms with Crippen molar-refractivity contribution in [1.29, 1.82) is 0 Å². The van der Waals surface area contributed by atoms with Crippen LogP contribution in [0.4, 0.5) is 5.69 Å². The van der Waals surface area contributed by atoms with Crippen LogP contribution in [-0.2, 0) is 15.7 Å². The van der Waals surface area contributed by atoms with E-state index in [1.54, 1.807) is 11.0 Å². The van der Waals surface area contributed by atoms with Gasteiger partial charge in [-0.2, -0.15) is 0 Å². The van der Waals surface area contributed by atoms with E-state index < -0.39 is 15.7 Å². The summed E-state index contributed by atoms with van der Waals surface area (Å²) in [5.74, 6) is 0.328. The molecule has 3 rings (SSSR count). The second-order valence-corrected chi connectivity index (χ2v) is 10.4. The minimum absolute atomic E-state index is 0.